The lowest BCUT2D eigenvalue weighted by atomic mass is 10.1. The van der Waals surface area contributed by atoms with E-state index in [1.54, 1.807) is 60.7 Å². The summed E-state index contributed by atoms with van der Waals surface area (Å²) in [4.78, 5) is 56.7. The van der Waals surface area contributed by atoms with Crippen LogP contribution in [-0.2, 0) is 13.1 Å². The molecule has 0 unspecified atom stereocenters. The number of esters is 1. The Morgan fingerprint density at radius 2 is 1.00 bits per heavy atom. The molecule has 0 aromatic heterocycles. The minimum absolute atomic E-state index is 0.0555. The van der Waals surface area contributed by atoms with E-state index in [0.29, 0.717) is 35.6 Å². The number of hydrogen-bond acceptors (Lipinski definition) is 10. The van der Waals surface area contributed by atoms with Gasteiger partial charge in [-0.15, -0.1) is 0 Å². The highest BCUT2D eigenvalue weighted by Gasteiger charge is 2.12. The van der Waals surface area contributed by atoms with Gasteiger partial charge in [0.15, 0.2) is 0 Å². The Balaban J connectivity index is 0.000000293. The lowest BCUT2D eigenvalue weighted by Crippen LogP contribution is -2.22. The van der Waals surface area contributed by atoms with Gasteiger partial charge < -0.3 is 25.2 Å². The Hall–Kier alpha value is -7.09. The topological polar surface area (TPSA) is 200 Å². The zero-order valence-electron chi connectivity index (χ0n) is 30.7. The van der Waals surface area contributed by atoms with Crippen molar-refractivity contribution in [2.24, 2.45) is 0 Å². The summed E-state index contributed by atoms with van der Waals surface area (Å²) in [5.41, 5.74) is 2.63. The third-order valence-electron chi connectivity index (χ3n) is 8.26. The Kier molecular flexibility index (Phi) is 16.0. The number of non-ortho nitro benzene ring substituents is 2. The molecule has 56 heavy (non-hydrogen) atoms. The standard InChI is InChI=1S/C28H30N2O6.C14H12N2O4/c1-2-3-4-5-6-19-35-25-17-11-23(12-18-25)28(32)36-26-15-7-21(8-16-26)20-29-27(31)22-9-13-24(14-10-22)30(33)34;17-13-7-1-10(2-8-13)9-15-14(18)11-3-5-12(6-4-11)16(19)20/h7-18H,2-6,19-20H2,1H3,(H,29,31);1-8,17H,9H2,(H,15,18). The van der Waals surface area contributed by atoms with E-state index in [0.717, 1.165) is 29.7 Å². The number of carbonyl (C=O) groups is 3. The Labute approximate surface area is 323 Å². The summed E-state index contributed by atoms with van der Waals surface area (Å²) < 4.78 is 11.2. The van der Waals surface area contributed by atoms with E-state index >= 15 is 0 Å². The van der Waals surface area contributed by atoms with Gasteiger partial charge in [0.2, 0.25) is 0 Å². The summed E-state index contributed by atoms with van der Waals surface area (Å²) in [6.07, 6.45) is 5.86. The monoisotopic (exact) mass is 762 g/mol. The van der Waals surface area contributed by atoms with E-state index in [-0.39, 0.29) is 35.5 Å². The molecule has 290 valence electrons. The van der Waals surface area contributed by atoms with Crippen molar-refractivity contribution in [3.63, 3.8) is 0 Å². The number of benzene rings is 5. The van der Waals surface area contributed by atoms with Crippen LogP contribution in [0.1, 0.15) is 81.2 Å². The normalized spacial score (nSPS) is 10.3. The van der Waals surface area contributed by atoms with Crippen molar-refractivity contribution >= 4 is 29.2 Å². The molecule has 0 aliphatic heterocycles. The summed E-state index contributed by atoms with van der Waals surface area (Å²) >= 11 is 0. The number of aromatic hydroxyl groups is 1. The van der Waals surface area contributed by atoms with E-state index < -0.39 is 15.8 Å². The molecular formula is C42H42N4O10. The summed E-state index contributed by atoms with van der Waals surface area (Å²) in [7, 11) is 0. The number of carbonyl (C=O) groups excluding carboxylic acids is 3. The predicted octanol–water partition coefficient (Wildman–Crippen LogP) is 8.32. The quantitative estimate of drug-likeness (QED) is 0.0272. The van der Waals surface area contributed by atoms with E-state index in [1.165, 1.54) is 79.9 Å². The number of phenols is 1. The number of unbranched alkanes of at least 4 members (excludes halogenated alkanes) is 4. The van der Waals surface area contributed by atoms with Gasteiger partial charge in [-0.1, -0.05) is 56.9 Å². The van der Waals surface area contributed by atoms with Crippen LogP contribution in [0.25, 0.3) is 0 Å². The van der Waals surface area contributed by atoms with Crippen molar-refractivity contribution in [1.82, 2.24) is 10.6 Å². The first-order valence-electron chi connectivity index (χ1n) is 17.9. The second-order valence-corrected chi connectivity index (χ2v) is 12.5. The molecule has 14 heteroatoms. The molecule has 5 aromatic carbocycles. The van der Waals surface area contributed by atoms with Crippen LogP contribution in [0.4, 0.5) is 11.4 Å². The third kappa shape index (κ3) is 13.7. The minimum Gasteiger partial charge on any atom is -0.508 e. The average molecular weight is 763 g/mol. The molecule has 0 saturated heterocycles. The fourth-order valence-corrected chi connectivity index (χ4v) is 5.08. The van der Waals surface area contributed by atoms with E-state index in [4.69, 9.17) is 14.6 Å². The summed E-state index contributed by atoms with van der Waals surface area (Å²) in [6, 6.07) is 30.9. The van der Waals surface area contributed by atoms with Gasteiger partial charge in [0.25, 0.3) is 23.2 Å². The highest BCUT2D eigenvalue weighted by molar-refractivity contribution is 5.95. The van der Waals surface area contributed by atoms with Crippen molar-refractivity contribution in [2.75, 3.05) is 6.61 Å². The maximum Gasteiger partial charge on any atom is 0.343 e. The third-order valence-corrected chi connectivity index (χ3v) is 8.26. The Bertz CT molecular complexity index is 2050. The van der Waals surface area contributed by atoms with Gasteiger partial charge in [0.05, 0.1) is 22.0 Å². The Morgan fingerprint density at radius 3 is 1.46 bits per heavy atom. The van der Waals surface area contributed by atoms with Crippen molar-refractivity contribution in [3.8, 4) is 17.2 Å². The molecule has 0 aliphatic carbocycles. The molecule has 0 radical (unpaired) electrons. The van der Waals surface area contributed by atoms with Crippen molar-refractivity contribution in [1.29, 1.82) is 0 Å². The SMILES string of the molecule is CCCCCCCOc1ccc(C(=O)Oc2ccc(CNC(=O)c3ccc([N+](=O)[O-])cc3)cc2)cc1.O=C(NCc1ccc(O)cc1)c1ccc([N+](=O)[O-])cc1. The van der Waals surface area contributed by atoms with Gasteiger partial charge in [-0.3, -0.25) is 29.8 Å². The van der Waals surface area contributed by atoms with Gasteiger partial charge in [-0.05, 0) is 90.3 Å². The summed E-state index contributed by atoms with van der Waals surface area (Å²) in [5, 5.41) is 35.8. The number of hydrogen-bond donors (Lipinski definition) is 3. The van der Waals surface area contributed by atoms with Crippen LogP contribution < -0.4 is 20.1 Å². The molecule has 0 saturated carbocycles. The first kappa shape index (κ1) is 41.7. The van der Waals surface area contributed by atoms with Crippen LogP contribution in [0.15, 0.2) is 121 Å². The molecular weight excluding hydrogens is 720 g/mol. The fraction of sp³-hybridized carbons (Fsp3) is 0.214. The maximum atomic E-state index is 12.4. The van der Waals surface area contributed by atoms with Crippen LogP contribution in [0, 0.1) is 20.2 Å². The molecule has 0 bridgehead atoms. The number of ether oxygens (including phenoxy) is 2. The molecule has 0 aliphatic rings. The molecule has 0 heterocycles. The van der Waals surface area contributed by atoms with Crippen LogP contribution in [0.3, 0.4) is 0 Å². The number of rotatable bonds is 17. The molecule has 0 atom stereocenters. The zero-order chi connectivity index (χ0) is 40.3. The molecule has 5 rings (SSSR count). The van der Waals surface area contributed by atoms with E-state index in [9.17, 15) is 34.6 Å². The molecule has 0 spiro atoms. The Morgan fingerprint density at radius 1 is 0.571 bits per heavy atom. The van der Waals surface area contributed by atoms with Gasteiger partial charge in [0, 0.05) is 48.5 Å². The minimum atomic E-state index is -0.517. The lowest BCUT2D eigenvalue weighted by Gasteiger charge is -2.09. The van der Waals surface area contributed by atoms with Gasteiger partial charge >= 0.3 is 5.97 Å². The fourth-order valence-electron chi connectivity index (χ4n) is 5.08. The van der Waals surface area contributed by atoms with Crippen molar-refractivity contribution in [3.05, 3.63) is 169 Å². The number of amides is 2. The van der Waals surface area contributed by atoms with Gasteiger partial charge in [0.1, 0.15) is 17.2 Å². The van der Waals surface area contributed by atoms with E-state index in [1.807, 2.05) is 0 Å². The molecule has 5 aromatic rings. The molecule has 0 fully saturated rings. The molecule has 14 nitrogen and oxygen atoms in total. The van der Waals surface area contributed by atoms with Crippen LogP contribution in [-0.4, -0.2) is 39.3 Å². The highest BCUT2D eigenvalue weighted by atomic mass is 16.6. The highest BCUT2D eigenvalue weighted by Crippen LogP contribution is 2.18. The van der Waals surface area contributed by atoms with E-state index in [2.05, 4.69) is 17.6 Å². The number of nitro benzene ring substituents is 2. The lowest BCUT2D eigenvalue weighted by molar-refractivity contribution is -0.385. The van der Waals surface area contributed by atoms with Crippen LogP contribution in [0.5, 0.6) is 17.2 Å². The number of nitrogens with one attached hydrogen (secondary N) is 2. The van der Waals surface area contributed by atoms with Crippen molar-refractivity contribution < 1.29 is 38.8 Å². The molecule has 3 N–H and O–H groups in total. The first-order chi connectivity index (χ1) is 27.0. The number of phenolic OH excluding ortho intramolecular Hbond substituents is 1. The smallest absolute Gasteiger partial charge is 0.343 e. The largest absolute Gasteiger partial charge is 0.508 e. The molecule has 2 amide bonds. The van der Waals surface area contributed by atoms with Crippen molar-refractivity contribution in [2.45, 2.75) is 52.1 Å². The van der Waals surface area contributed by atoms with Crippen LogP contribution >= 0.6 is 0 Å². The first-order valence-corrected chi connectivity index (χ1v) is 17.9. The zero-order valence-corrected chi connectivity index (χ0v) is 30.7. The summed E-state index contributed by atoms with van der Waals surface area (Å²) in [6.45, 7) is 3.42. The number of nitro groups is 2. The average Bonchev–Trinajstić information content (AvgIpc) is 3.22. The summed E-state index contributed by atoms with van der Waals surface area (Å²) in [5.74, 6) is 0.146. The van der Waals surface area contributed by atoms with Gasteiger partial charge in [-0.25, -0.2) is 4.79 Å². The maximum absolute atomic E-state index is 12.4. The van der Waals surface area contributed by atoms with Gasteiger partial charge in [-0.2, -0.15) is 0 Å². The number of nitrogens with zero attached hydrogens (tertiary/aromatic N) is 2. The van der Waals surface area contributed by atoms with Crippen LogP contribution in [0.2, 0.25) is 0 Å². The second-order valence-electron chi connectivity index (χ2n) is 12.5. The second kappa shape index (κ2) is 21.6. The predicted molar refractivity (Wildman–Crippen MR) is 209 cm³/mol.